The van der Waals surface area contributed by atoms with Crippen molar-refractivity contribution < 1.29 is 19.2 Å². The second-order valence-electron chi connectivity index (χ2n) is 5.09. The molecule has 0 fully saturated rings. The van der Waals surface area contributed by atoms with E-state index in [1.54, 1.807) is 36.7 Å². The van der Waals surface area contributed by atoms with Crippen LogP contribution in [0.1, 0.15) is 30.4 Å². The zero-order chi connectivity index (χ0) is 17.4. The molecule has 0 atom stereocenters. The Kier molecular flexibility index (Phi) is 3.58. The molecule has 4 rings (SSSR count). The largest absolute Gasteiger partial charge is 0.375 e. The number of hydroxylamine groups is 2. The van der Waals surface area contributed by atoms with Crippen LogP contribution in [0, 0.1) is 0 Å². The van der Waals surface area contributed by atoms with E-state index in [0.29, 0.717) is 10.1 Å². The van der Waals surface area contributed by atoms with Crippen molar-refractivity contribution in [3.05, 3.63) is 71.0 Å². The molecule has 0 spiro atoms. The van der Waals surface area contributed by atoms with E-state index < -0.39 is 17.8 Å². The van der Waals surface area contributed by atoms with Crippen molar-refractivity contribution in [1.29, 1.82) is 0 Å². The lowest BCUT2D eigenvalue weighted by Crippen LogP contribution is -2.32. The molecule has 0 radical (unpaired) electrons. The lowest BCUT2D eigenvalue weighted by Gasteiger charge is -2.11. The molecule has 3 heterocycles. The number of nitrogens with zero attached hydrogens (tertiary/aromatic N) is 3. The van der Waals surface area contributed by atoms with Gasteiger partial charge >= 0.3 is 5.97 Å². The van der Waals surface area contributed by atoms with Gasteiger partial charge in [-0.3, -0.25) is 14.6 Å². The number of carbonyl (C=O) groups is 3. The van der Waals surface area contributed by atoms with E-state index >= 15 is 0 Å². The molecule has 7 nitrogen and oxygen atoms in total. The number of hydrogen-bond acceptors (Lipinski definition) is 7. The topological polar surface area (TPSA) is 89.5 Å². The predicted molar refractivity (Wildman–Crippen MR) is 87.7 cm³/mol. The maximum Gasteiger partial charge on any atom is 0.375 e. The van der Waals surface area contributed by atoms with E-state index in [9.17, 15) is 14.4 Å². The highest BCUT2D eigenvalue weighted by Crippen LogP contribution is 2.27. The Morgan fingerprint density at radius 2 is 1.64 bits per heavy atom. The van der Waals surface area contributed by atoms with Crippen molar-refractivity contribution in [3.63, 3.8) is 0 Å². The number of imide groups is 1. The number of benzene rings is 1. The predicted octanol–water partition coefficient (Wildman–Crippen LogP) is 2.57. The van der Waals surface area contributed by atoms with E-state index in [1.165, 1.54) is 18.3 Å². The fourth-order valence-electron chi connectivity index (χ4n) is 2.37. The van der Waals surface area contributed by atoms with Crippen LogP contribution in [0.25, 0.3) is 10.6 Å². The van der Waals surface area contributed by atoms with E-state index in [0.717, 1.165) is 16.9 Å². The first-order chi connectivity index (χ1) is 12.1. The quantitative estimate of drug-likeness (QED) is 0.674. The van der Waals surface area contributed by atoms with Crippen molar-refractivity contribution in [2.75, 3.05) is 0 Å². The Balaban J connectivity index is 1.55. The van der Waals surface area contributed by atoms with Gasteiger partial charge in [0, 0.05) is 18.0 Å². The van der Waals surface area contributed by atoms with Gasteiger partial charge in [0.1, 0.15) is 9.88 Å². The third-order valence-electron chi connectivity index (χ3n) is 3.57. The van der Waals surface area contributed by atoms with Crippen LogP contribution < -0.4 is 0 Å². The van der Waals surface area contributed by atoms with Crippen molar-refractivity contribution in [3.8, 4) is 10.6 Å². The summed E-state index contributed by atoms with van der Waals surface area (Å²) in [5.41, 5.74) is 1.23. The molecule has 1 aliphatic rings. The summed E-state index contributed by atoms with van der Waals surface area (Å²) in [5.74, 6) is -2.13. The maximum absolute atomic E-state index is 12.3. The van der Waals surface area contributed by atoms with Crippen molar-refractivity contribution in [1.82, 2.24) is 15.0 Å². The lowest BCUT2D eigenvalue weighted by molar-refractivity contribution is -0.0581. The number of rotatable bonds is 3. The summed E-state index contributed by atoms with van der Waals surface area (Å²) in [7, 11) is 0. The highest BCUT2D eigenvalue weighted by Gasteiger charge is 2.39. The van der Waals surface area contributed by atoms with Crippen molar-refractivity contribution in [2.45, 2.75) is 0 Å². The van der Waals surface area contributed by atoms with Gasteiger partial charge < -0.3 is 4.84 Å². The molecule has 0 saturated heterocycles. The number of pyridine rings is 1. The first kappa shape index (κ1) is 15.2. The molecule has 0 saturated carbocycles. The van der Waals surface area contributed by atoms with Gasteiger partial charge in [-0.1, -0.05) is 17.2 Å². The average Bonchev–Trinajstić information content (AvgIpc) is 3.23. The zero-order valence-electron chi connectivity index (χ0n) is 12.6. The molecule has 122 valence electrons. The molecule has 0 N–H and O–H groups in total. The first-order valence-electron chi connectivity index (χ1n) is 7.21. The summed E-state index contributed by atoms with van der Waals surface area (Å²) in [4.78, 5) is 50.0. The first-order valence-corrected chi connectivity index (χ1v) is 8.03. The SMILES string of the molecule is O=C(ON1C(=O)c2ccccc2C1=O)c1cnc(-c2ccncc2)s1. The van der Waals surface area contributed by atoms with E-state index in [2.05, 4.69) is 9.97 Å². The van der Waals surface area contributed by atoms with Gasteiger partial charge in [0.25, 0.3) is 11.8 Å². The van der Waals surface area contributed by atoms with Crippen molar-refractivity contribution >= 4 is 29.1 Å². The molecular weight excluding hydrogens is 342 g/mol. The van der Waals surface area contributed by atoms with Gasteiger partial charge in [-0.05, 0) is 24.3 Å². The smallest absolute Gasteiger partial charge is 0.323 e. The number of fused-ring (bicyclic) bond motifs is 1. The van der Waals surface area contributed by atoms with Crippen LogP contribution >= 0.6 is 11.3 Å². The van der Waals surface area contributed by atoms with Gasteiger partial charge in [-0.25, -0.2) is 9.78 Å². The van der Waals surface area contributed by atoms with Crippen LogP contribution in [0.4, 0.5) is 0 Å². The van der Waals surface area contributed by atoms with Crippen LogP contribution in [-0.2, 0) is 4.84 Å². The normalized spacial score (nSPS) is 13.0. The molecule has 25 heavy (non-hydrogen) atoms. The van der Waals surface area contributed by atoms with Gasteiger partial charge in [0.15, 0.2) is 0 Å². The molecule has 3 aromatic rings. The summed E-state index contributed by atoms with van der Waals surface area (Å²) < 4.78 is 0. The molecule has 8 heteroatoms. The summed E-state index contributed by atoms with van der Waals surface area (Å²) in [5, 5.41) is 1.09. The fourth-order valence-corrected chi connectivity index (χ4v) is 3.17. The Labute approximate surface area is 145 Å². The minimum absolute atomic E-state index is 0.184. The van der Waals surface area contributed by atoms with E-state index in [-0.39, 0.29) is 16.0 Å². The standard InChI is InChI=1S/C17H9N3O4S/c21-15-11-3-1-2-4-12(11)16(22)20(15)24-17(23)13-9-19-14(25-13)10-5-7-18-8-6-10/h1-9H. The number of thiazole rings is 1. The Bertz CT molecular complexity index is 965. The molecule has 1 aromatic carbocycles. The molecule has 2 amide bonds. The van der Waals surface area contributed by atoms with Crippen molar-refractivity contribution in [2.24, 2.45) is 0 Å². The summed E-state index contributed by atoms with van der Waals surface area (Å²) >= 11 is 1.10. The Morgan fingerprint density at radius 3 is 2.28 bits per heavy atom. The van der Waals surface area contributed by atoms with Crippen LogP contribution in [0.15, 0.2) is 55.0 Å². The molecule has 0 aliphatic carbocycles. The molecule has 2 aromatic heterocycles. The number of hydrogen-bond donors (Lipinski definition) is 0. The molecule has 0 unspecified atom stereocenters. The van der Waals surface area contributed by atoms with E-state index in [4.69, 9.17) is 4.84 Å². The maximum atomic E-state index is 12.3. The number of amides is 2. The van der Waals surface area contributed by atoms with Gasteiger partial charge in [0.05, 0.1) is 17.3 Å². The fraction of sp³-hybridized carbons (Fsp3) is 0. The third kappa shape index (κ3) is 2.58. The number of aromatic nitrogens is 2. The zero-order valence-corrected chi connectivity index (χ0v) is 13.4. The summed E-state index contributed by atoms with van der Waals surface area (Å²) in [6.45, 7) is 0. The molecule has 1 aliphatic heterocycles. The second kappa shape index (κ2) is 5.91. The second-order valence-corrected chi connectivity index (χ2v) is 6.13. The van der Waals surface area contributed by atoms with E-state index in [1.807, 2.05) is 0 Å². The third-order valence-corrected chi connectivity index (χ3v) is 4.59. The van der Waals surface area contributed by atoms with Crippen LogP contribution in [0.5, 0.6) is 0 Å². The van der Waals surface area contributed by atoms with Gasteiger partial charge in [-0.15, -0.1) is 11.3 Å². The van der Waals surface area contributed by atoms with Crippen LogP contribution in [0.3, 0.4) is 0 Å². The minimum atomic E-state index is -0.813. The summed E-state index contributed by atoms with van der Waals surface area (Å²) in [6.07, 6.45) is 4.59. The highest BCUT2D eigenvalue weighted by molar-refractivity contribution is 7.16. The average molecular weight is 351 g/mol. The van der Waals surface area contributed by atoms with Gasteiger partial charge in [0.2, 0.25) is 0 Å². The number of carbonyl (C=O) groups excluding carboxylic acids is 3. The molecular formula is C17H9N3O4S. The Morgan fingerprint density at radius 1 is 1.00 bits per heavy atom. The lowest BCUT2D eigenvalue weighted by atomic mass is 10.1. The highest BCUT2D eigenvalue weighted by atomic mass is 32.1. The van der Waals surface area contributed by atoms with Crippen LogP contribution in [0.2, 0.25) is 0 Å². The minimum Gasteiger partial charge on any atom is -0.323 e. The Hall–Kier alpha value is -3.39. The van der Waals surface area contributed by atoms with Gasteiger partial charge in [-0.2, -0.15) is 0 Å². The summed E-state index contributed by atoms with van der Waals surface area (Å²) in [6, 6.07) is 9.82. The monoisotopic (exact) mass is 351 g/mol. The molecule has 0 bridgehead atoms. The van der Waals surface area contributed by atoms with Crippen LogP contribution in [-0.4, -0.2) is 32.8 Å².